The lowest BCUT2D eigenvalue weighted by Gasteiger charge is -2.50. The van der Waals surface area contributed by atoms with E-state index in [9.17, 15) is 0 Å². The molecule has 0 aliphatic carbocycles. The van der Waals surface area contributed by atoms with E-state index in [-0.39, 0.29) is 11.9 Å². The van der Waals surface area contributed by atoms with Crippen molar-refractivity contribution in [3.63, 3.8) is 0 Å². The molecule has 0 N–H and O–H groups in total. The number of fused-ring (bicyclic) bond motifs is 2. The Kier molecular flexibility index (Phi) is 1.70. The van der Waals surface area contributed by atoms with Crippen LogP contribution in [0.25, 0.3) is 0 Å². The van der Waals surface area contributed by atoms with E-state index >= 15 is 0 Å². The van der Waals surface area contributed by atoms with E-state index in [4.69, 9.17) is 9.47 Å². The Morgan fingerprint density at radius 3 is 2.54 bits per heavy atom. The van der Waals surface area contributed by atoms with Crippen molar-refractivity contribution in [2.24, 2.45) is 5.92 Å². The SMILES string of the molecule is CC1OC[C@@]2(CN3CCC2CC3)O1. The third-order valence-electron chi connectivity index (χ3n) is 3.79. The van der Waals surface area contributed by atoms with Crippen LogP contribution in [0.4, 0.5) is 0 Å². The van der Waals surface area contributed by atoms with Crippen molar-refractivity contribution in [3.05, 3.63) is 0 Å². The molecule has 1 unspecified atom stereocenters. The minimum atomic E-state index is 0.0144. The summed E-state index contributed by atoms with van der Waals surface area (Å²) < 4.78 is 11.5. The number of nitrogens with zero attached hydrogens (tertiary/aromatic N) is 1. The molecule has 0 aromatic carbocycles. The molecule has 74 valence electrons. The van der Waals surface area contributed by atoms with Gasteiger partial charge in [-0.3, -0.25) is 0 Å². The molecule has 4 saturated heterocycles. The van der Waals surface area contributed by atoms with Crippen LogP contribution in [0.3, 0.4) is 0 Å². The lowest BCUT2D eigenvalue weighted by Crippen LogP contribution is -2.60. The van der Waals surface area contributed by atoms with Crippen LogP contribution >= 0.6 is 0 Å². The molecule has 3 nitrogen and oxygen atoms in total. The fourth-order valence-corrected chi connectivity index (χ4v) is 3.08. The first-order valence-electron chi connectivity index (χ1n) is 5.30. The summed E-state index contributed by atoms with van der Waals surface area (Å²) in [6, 6.07) is 0. The van der Waals surface area contributed by atoms with Crippen LogP contribution in [0, 0.1) is 5.92 Å². The molecule has 0 radical (unpaired) electrons. The monoisotopic (exact) mass is 183 g/mol. The number of hydrogen-bond acceptors (Lipinski definition) is 3. The van der Waals surface area contributed by atoms with Gasteiger partial charge in [-0.15, -0.1) is 0 Å². The molecule has 4 fully saturated rings. The quantitative estimate of drug-likeness (QED) is 0.555. The van der Waals surface area contributed by atoms with Gasteiger partial charge in [0.25, 0.3) is 0 Å². The zero-order valence-corrected chi connectivity index (χ0v) is 8.16. The summed E-state index contributed by atoms with van der Waals surface area (Å²) in [5.74, 6) is 0.752. The first kappa shape index (κ1) is 8.21. The molecular weight excluding hydrogens is 166 g/mol. The van der Waals surface area contributed by atoms with Gasteiger partial charge in [0.15, 0.2) is 6.29 Å². The molecule has 13 heavy (non-hydrogen) atoms. The molecule has 0 aromatic rings. The Morgan fingerprint density at radius 2 is 2.08 bits per heavy atom. The summed E-state index contributed by atoms with van der Waals surface area (Å²) in [7, 11) is 0. The summed E-state index contributed by atoms with van der Waals surface area (Å²) >= 11 is 0. The van der Waals surface area contributed by atoms with Crippen LogP contribution in [0.1, 0.15) is 19.8 Å². The van der Waals surface area contributed by atoms with Crippen LogP contribution in [0.15, 0.2) is 0 Å². The molecule has 4 aliphatic heterocycles. The summed E-state index contributed by atoms with van der Waals surface area (Å²) in [5, 5.41) is 0. The van der Waals surface area contributed by atoms with Crippen LogP contribution in [-0.4, -0.2) is 43.0 Å². The summed E-state index contributed by atoms with van der Waals surface area (Å²) in [6.45, 7) is 6.46. The molecule has 0 aromatic heterocycles. The number of ether oxygens (including phenoxy) is 2. The smallest absolute Gasteiger partial charge is 0.155 e. The predicted octanol–water partition coefficient (Wildman–Crippen LogP) is 0.844. The van der Waals surface area contributed by atoms with E-state index in [1.165, 1.54) is 25.9 Å². The summed E-state index contributed by atoms with van der Waals surface area (Å²) in [6.07, 6.45) is 2.62. The molecule has 3 heteroatoms. The van der Waals surface area contributed by atoms with Crippen molar-refractivity contribution < 1.29 is 9.47 Å². The second kappa shape index (κ2) is 2.69. The summed E-state index contributed by atoms with van der Waals surface area (Å²) in [4.78, 5) is 2.52. The zero-order valence-electron chi connectivity index (χ0n) is 8.16. The second-order valence-electron chi connectivity index (χ2n) is 4.61. The highest BCUT2D eigenvalue weighted by atomic mass is 16.7. The highest BCUT2D eigenvalue weighted by Gasteiger charge is 2.51. The van der Waals surface area contributed by atoms with Crippen molar-refractivity contribution in [3.8, 4) is 0 Å². The fraction of sp³-hybridized carbons (Fsp3) is 1.00. The number of hydrogen-bond donors (Lipinski definition) is 0. The standard InChI is InChI=1S/C10H17NO2/c1-8-12-7-10(13-8)6-11-4-2-9(10)3-5-11/h8-9H,2-7H2,1H3/t8?,10-/m1/s1. The molecule has 4 rings (SSSR count). The van der Waals surface area contributed by atoms with Crippen molar-refractivity contribution in [2.75, 3.05) is 26.2 Å². The Bertz CT molecular complexity index is 213. The number of piperidine rings is 3. The molecular formula is C10H17NO2. The van der Waals surface area contributed by atoms with Gasteiger partial charge in [0.05, 0.1) is 6.61 Å². The second-order valence-corrected chi connectivity index (χ2v) is 4.61. The van der Waals surface area contributed by atoms with Crippen LogP contribution in [0.5, 0.6) is 0 Å². The van der Waals surface area contributed by atoms with E-state index in [0.717, 1.165) is 19.1 Å². The van der Waals surface area contributed by atoms with E-state index in [1.54, 1.807) is 0 Å². The largest absolute Gasteiger partial charge is 0.350 e. The Hall–Kier alpha value is -0.120. The minimum absolute atomic E-state index is 0.0144. The topological polar surface area (TPSA) is 21.7 Å². The zero-order chi connectivity index (χ0) is 8.89. The van der Waals surface area contributed by atoms with Crippen molar-refractivity contribution in [1.29, 1.82) is 0 Å². The van der Waals surface area contributed by atoms with Crippen LogP contribution in [0.2, 0.25) is 0 Å². The van der Waals surface area contributed by atoms with Gasteiger partial charge in [-0.1, -0.05) is 0 Å². The Labute approximate surface area is 79.0 Å². The maximum atomic E-state index is 5.96. The van der Waals surface area contributed by atoms with Gasteiger partial charge >= 0.3 is 0 Å². The third-order valence-corrected chi connectivity index (χ3v) is 3.79. The van der Waals surface area contributed by atoms with Crippen molar-refractivity contribution in [1.82, 2.24) is 4.90 Å². The average molecular weight is 183 g/mol. The minimum Gasteiger partial charge on any atom is -0.350 e. The normalized spacial score (nSPS) is 54.7. The van der Waals surface area contributed by atoms with E-state index < -0.39 is 0 Å². The van der Waals surface area contributed by atoms with E-state index in [2.05, 4.69) is 4.90 Å². The van der Waals surface area contributed by atoms with Gasteiger partial charge < -0.3 is 14.4 Å². The van der Waals surface area contributed by atoms with Gasteiger partial charge in [-0.25, -0.2) is 0 Å². The lowest BCUT2D eigenvalue weighted by molar-refractivity contribution is -0.145. The maximum absolute atomic E-state index is 5.96. The molecule has 4 heterocycles. The van der Waals surface area contributed by atoms with Crippen molar-refractivity contribution in [2.45, 2.75) is 31.7 Å². The summed E-state index contributed by atoms with van der Waals surface area (Å²) in [5.41, 5.74) is 0.0654. The fourth-order valence-electron chi connectivity index (χ4n) is 3.08. The highest BCUT2D eigenvalue weighted by Crippen LogP contribution is 2.42. The van der Waals surface area contributed by atoms with Gasteiger partial charge in [0, 0.05) is 6.54 Å². The predicted molar refractivity (Wildman–Crippen MR) is 48.4 cm³/mol. The third kappa shape index (κ3) is 1.14. The van der Waals surface area contributed by atoms with Gasteiger partial charge in [-0.2, -0.15) is 0 Å². The van der Waals surface area contributed by atoms with Crippen LogP contribution < -0.4 is 0 Å². The molecule has 0 amide bonds. The van der Waals surface area contributed by atoms with Crippen molar-refractivity contribution >= 4 is 0 Å². The van der Waals surface area contributed by atoms with Gasteiger partial charge in [0.2, 0.25) is 0 Å². The lowest BCUT2D eigenvalue weighted by atomic mass is 9.76. The molecule has 2 bridgehead atoms. The maximum Gasteiger partial charge on any atom is 0.155 e. The number of rotatable bonds is 0. The van der Waals surface area contributed by atoms with Gasteiger partial charge in [0.1, 0.15) is 5.60 Å². The van der Waals surface area contributed by atoms with E-state index in [1.807, 2.05) is 6.92 Å². The Morgan fingerprint density at radius 1 is 1.31 bits per heavy atom. The highest BCUT2D eigenvalue weighted by molar-refractivity contribution is 5.01. The van der Waals surface area contributed by atoms with Crippen LogP contribution in [-0.2, 0) is 9.47 Å². The average Bonchev–Trinajstić information content (AvgIpc) is 2.49. The van der Waals surface area contributed by atoms with Gasteiger partial charge in [-0.05, 0) is 38.8 Å². The first-order valence-corrected chi connectivity index (χ1v) is 5.30. The molecule has 2 atom stereocenters. The molecule has 4 aliphatic rings. The molecule has 1 spiro atoms. The first-order chi connectivity index (χ1) is 6.28. The Balaban J connectivity index is 1.83. The molecule has 0 saturated carbocycles. The van der Waals surface area contributed by atoms with E-state index in [0.29, 0.717) is 0 Å².